The van der Waals surface area contributed by atoms with Gasteiger partial charge in [-0.1, -0.05) is 12.1 Å². The lowest BCUT2D eigenvalue weighted by molar-refractivity contribution is -0.0498. The molecule has 0 aliphatic heterocycles. The third-order valence-corrected chi connectivity index (χ3v) is 2.74. The van der Waals surface area contributed by atoms with E-state index >= 15 is 0 Å². The Morgan fingerprint density at radius 3 is 2.45 bits per heavy atom. The van der Waals surface area contributed by atoms with E-state index in [2.05, 4.69) is 16.1 Å². The van der Waals surface area contributed by atoms with E-state index in [-0.39, 0.29) is 5.75 Å². The van der Waals surface area contributed by atoms with E-state index in [1.54, 1.807) is 24.3 Å². The summed E-state index contributed by atoms with van der Waals surface area (Å²) in [5, 5.41) is 12.2. The molecule has 2 aromatic carbocycles. The molecule has 0 aliphatic carbocycles. The van der Waals surface area contributed by atoms with Gasteiger partial charge in [0.15, 0.2) is 0 Å². The van der Waals surface area contributed by atoms with Crippen LogP contribution in [0.5, 0.6) is 5.75 Å². The van der Waals surface area contributed by atoms with Crippen LogP contribution in [0, 0.1) is 18.3 Å². The molecule has 0 unspecified atom stereocenters. The molecule has 3 nitrogen and oxygen atoms in total. The lowest BCUT2D eigenvalue weighted by Gasteiger charge is -2.12. The van der Waals surface area contributed by atoms with Gasteiger partial charge in [0.05, 0.1) is 11.3 Å². The Kier molecular flexibility index (Phi) is 4.16. The number of para-hydroxylation sites is 1. The van der Waals surface area contributed by atoms with Gasteiger partial charge in [0, 0.05) is 5.69 Å². The van der Waals surface area contributed by atoms with Crippen molar-refractivity contribution in [1.29, 1.82) is 5.26 Å². The zero-order chi connectivity index (χ0) is 14.5. The summed E-state index contributed by atoms with van der Waals surface area (Å²) in [5.41, 5.74) is 2.85. The lowest BCUT2D eigenvalue weighted by atomic mass is 10.1. The van der Waals surface area contributed by atoms with E-state index in [9.17, 15) is 8.78 Å². The summed E-state index contributed by atoms with van der Waals surface area (Å²) in [5.74, 6) is 0.0934. The van der Waals surface area contributed by atoms with E-state index in [1.807, 2.05) is 13.0 Å². The minimum atomic E-state index is -2.84. The molecule has 0 spiro atoms. The Balaban J connectivity index is 2.21. The maximum atomic E-state index is 12.0. The van der Waals surface area contributed by atoms with Crippen molar-refractivity contribution in [3.05, 3.63) is 53.6 Å². The monoisotopic (exact) mass is 274 g/mol. The van der Waals surface area contributed by atoms with Gasteiger partial charge in [-0.05, 0) is 42.8 Å². The minimum Gasteiger partial charge on any atom is -0.435 e. The van der Waals surface area contributed by atoms with Crippen molar-refractivity contribution < 1.29 is 13.5 Å². The number of aryl methyl sites for hydroxylation is 1. The van der Waals surface area contributed by atoms with Crippen LogP contribution in [0.25, 0.3) is 0 Å². The molecule has 2 aromatic rings. The van der Waals surface area contributed by atoms with Crippen molar-refractivity contribution in [2.24, 2.45) is 0 Å². The highest BCUT2D eigenvalue weighted by Crippen LogP contribution is 2.26. The van der Waals surface area contributed by atoms with Crippen molar-refractivity contribution in [1.82, 2.24) is 0 Å². The molecule has 0 bridgehead atoms. The number of alkyl halides is 2. The summed E-state index contributed by atoms with van der Waals surface area (Å²) in [6, 6.07) is 13.6. The van der Waals surface area contributed by atoms with Gasteiger partial charge in [0.1, 0.15) is 11.8 Å². The molecule has 1 N–H and O–H groups in total. The smallest absolute Gasteiger partial charge is 0.387 e. The molecule has 0 heterocycles. The Labute approximate surface area is 115 Å². The summed E-state index contributed by atoms with van der Waals surface area (Å²) < 4.78 is 28.4. The van der Waals surface area contributed by atoms with Crippen LogP contribution in [0.2, 0.25) is 0 Å². The first-order chi connectivity index (χ1) is 9.60. The second kappa shape index (κ2) is 6.02. The first-order valence-electron chi connectivity index (χ1n) is 5.92. The van der Waals surface area contributed by atoms with Crippen molar-refractivity contribution >= 4 is 11.4 Å². The van der Waals surface area contributed by atoms with Gasteiger partial charge in [-0.2, -0.15) is 14.0 Å². The van der Waals surface area contributed by atoms with E-state index in [1.165, 1.54) is 12.1 Å². The number of nitrogens with one attached hydrogen (secondary N) is 1. The fourth-order valence-corrected chi connectivity index (χ4v) is 1.79. The van der Waals surface area contributed by atoms with Crippen LogP contribution in [-0.2, 0) is 0 Å². The van der Waals surface area contributed by atoms with Crippen LogP contribution in [-0.4, -0.2) is 6.61 Å². The maximum absolute atomic E-state index is 12.0. The number of rotatable bonds is 4. The number of nitrogens with zero attached hydrogens (tertiary/aromatic N) is 1. The maximum Gasteiger partial charge on any atom is 0.387 e. The molecule has 0 saturated carbocycles. The average molecular weight is 274 g/mol. The first kappa shape index (κ1) is 13.8. The molecular formula is C15H12F2N2O. The fraction of sp³-hybridized carbons (Fsp3) is 0.133. The molecule has 0 fully saturated rings. The number of hydrogen-bond donors (Lipinski definition) is 1. The Morgan fingerprint density at radius 2 is 1.85 bits per heavy atom. The molecule has 0 amide bonds. The third-order valence-electron chi connectivity index (χ3n) is 2.74. The zero-order valence-electron chi connectivity index (χ0n) is 10.7. The van der Waals surface area contributed by atoms with Gasteiger partial charge in [0.2, 0.25) is 0 Å². The molecule has 0 atom stereocenters. The third kappa shape index (κ3) is 3.23. The van der Waals surface area contributed by atoms with Crippen molar-refractivity contribution in [3.63, 3.8) is 0 Å². The number of benzene rings is 2. The Bertz CT molecular complexity index is 633. The van der Waals surface area contributed by atoms with Gasteiger partial charge in [0.25, 0.3) is 0 Å². The zero-order valence-corrected chi connectivity index (χ0v) is 10.7. The van der Waals surface area contributed by atoms with Crippen molar-refractivity contribution in [3.8, 4) is 11.8 Å². The molecule has 0 saturated heterocycles. The summed E-state index contributed by atoms with van der Waals surface area (Å²) >= 11 is 0. The fourth-order valence-electron chi connectivity index (χ4n) is 1.79. The molecule has 0 radical (unpaired) electrons. The van der Waals surface area contributed by atoms with Crippen LogP contribution >= 0.6 is 0 Å². The largest absolute Gasteiger partial charge is 0.435 e. The van der Waals surface area contributed by atoms with E-state index in [0.29, 0.717) is 16.9 Å². The molecule has 20 heavy (non-hydrogen) atoms. The minimum absolute atomic E-state index is 0.0934. The van der Waals surface area contributed by atoms with Crippen LogP contribution in [0.1, 0.15) is 11.1 Å². The van der Waals surface area contributed by atoms with Crippen LogP contribution in [0.4, 0.5) is 20.2 Å². The van der Waals surface area contributed by atoms with Gasteiger partial charge >= 0.3 is 6.61 Å². The van der Waals surface area contributed by atoms with Crippen LogP contribution in [0.15, 0.2) is 42.5 Å². The topological polar surface area (TPSA) is 45.0 Å². The quantitative estimate of drug-likeness (QED) is 0.908. The average Bonchev–Trinajstić information content (AvgIpc) is 2.42. The summed E-state index contributed by atoms with van der Waals surface area (Å²) in [6.07, 6.45) is 0. The SMILES string of the molecule is Cc1cccc(C#N)c1Nc1ccc(OC(F)F)cc1. The van der Waals surface area contributed by atoms with E-state index in [0.717, 1.165) is 5.56 Å². The number of nitriles is 1. The summed E-state index contributed by atoms with van der Waals surface area (Å²) in [7, 11) is 0. The van der Waals surface area contributed by atoms with Crippen molar-refractivity contribution in [2.75, 3.05) is 5.32 Å². The summed E-state index contributed by atoms with van der Waals surface area (Å²) in [4.78, 5) is 0. The highest BCUT2D eigenvalue weighted by atomic mass is 19.3. The van der Waals surface area contributed by atoms with Crippen LogP contribution < -0.4 is 10.1 Å². The number of ether oxygens (including phenoxy) is 1. The standard InChI is InChI=1S/C15H12F2N2O/c1-10-3-2-4-11(9-18)14(10)19-12-5-7-13(8-6-12)20-15(16)17/h2-8,15,19H,1H3. The van der Waals surface area contributed by atoms with Crippen LogP contribution in [0.3, 0.4) is 0 Å². The Hall–Kier alpha value is -2.61. The predicted octanol–water partition coefficient (Wildman–Crippen LogP) is 4.21. The molecule has 2 rings (SSSR count). The first-order valence-corrected chi connectivity index (χ1v) is 5.92. The van der Waals surface area contributed by atoms with Gasteiger partial charge in [-0.15, -0.1) is 0 Å². The summed E-state index contributed by atoms with van der Waals surface area (Å²) in [6.45, 7) is -0.951. The predicted molar refractivity (Wildman–Crippen MR) is 72.3 cm³/mol. The second-order valence-electron chi connectivity index (χ2n) is 4.14. The highest BCUT2D eigenvalue weighted by Gasteiger charge is 2.07. The molecule has 5 heteroatoms. The molecule has 102 valence electrons. The van der Waals surface area contributed by atoms with Crippen molar-refractivity contribution in [2.45, 2.75) is 13.5 Å². The van der Waals surface area contributed by atoms with Gasteiger partial charge < -0.3 is 10.1 Å². The molecule has 0 aliphatic rings. The van der Waals surface area contributed by atoms with Gasteiger partial charge in [-0.25, -0.2) is 0 Å². The number of halogens is 2. The normalized spacial score (nSPS) is 10.2. The van der Waals surface area contributed by atoms with E-state index in [4.69, 9.17) is 5.26 Å². The molecular weight excluding hydrogens is 262 g/mol. The lowest BCUT2D eigenvalue weighted by Crippen LogP contribution is -2.02. The van der Waals surface area contributed by atoms with E-state index < -0.39 is 6.61 Å². The number of hydrogen-bond acceptors (Lipinski definition) is 3. The Morgan fingerprint density at radius 1 is 1.15 bits per heavy atom. The van der Waals surface area contributed by atoms with Gasteiger partial charge in [-0.3, -0.25) is 0 Å². The highest BCUT2D eigenvalue weighted by molar-refractivity contribution is 5.70. The second-order valence-corrected chi connectivity index (χ2v) is 4.14. The molecule has 0 aromatic heterocycles. The number of anilines is 2.